The van der Waals surface area contributed by atoms with Crippen LogP contribution in [0.2, 0.25) is 0 Å². The minimum atomic E-state index is -1.05. The van der Waals surface area contributed by atoms with Gasteiger partial charge in [0.2, 0.25) is 0 Å². The molecule has 0 aliphatic rings. The fraction of sp³-hybridized carbons (Fsp3) is 0.600. The molecule has 154 valence electrons. The molecule has 2 radical (unpaired) electrons. The van der Waals surface area contributed by atoms with Crippen LogP contribution in [0.5, 0.6) is 0 Å². The molecule has 0 saturated carbocycles. The molecule has 0 rings (SSSR count). The van der Waals surface area contributed by atoms with Crippen molar-refractivity contribution in [2.45, 2.75) is 0 Å². The van der Waals surface area contributed by atoms with Gasteiger partial charge < -0.3 is 46.3 Å². The SMILES string of the molecule is C=O.C=O.C=O.C=O.COP(OC)OC.COP(OC)OC.[Rh].[Rh]. The van der Waals surface area contributed by atoms with Crippen LogP contribution >= 0.6 is 17.2 Å². The summed E-state index contributed by atoms with van der Waals surface area (Å²) in [5.41, 5.74) is 0. The van der Waals surface area contributed by atoms with E-state index in [4.69, 9.17) is 19.2 Å². The molecule has 0 saturated heterocycles. The number of carbonyl (C=O) groups is 4. The number of rotatable bonds is 6. The molecule has 0 aromatic rings. The van der Waals surface area contributed by atoms with Crippen molar-refractivity contribution in [2.75, 3.05) is 42.7 Å². The van der Waals surface area contributed by atoms with Gasteiger partial charge in [0.15, 0.2) is 0 Å². The van der Waals surface area contributed by atoms with Gasteiger partial charge in [0.25, 0.3) is 0 Å². The van der Waals surface area contributed by atoms with Crippen LogP contribution in [0.1, 0.15) is 0 Å². The molecule has 0 aliphatic heterocycles. The molecule has 10 nitrogen and oxygen atoms in total. The minimum absolute atomic E-state index is 0. The Morgan fingerprint density at radius 3 is 0.500 bits per heavy atom. The molecule has 0 aromatic heterocycles. The van der Waals surface area contributed by atoms with Gasteiger partial charge in [0, 0.05) is 81.6 Å². The van der Waals surface area contributed by atoms with Gasteiger partial charge in [-0.05, 0) is 0 Å². The average Bonchev–Trinajstić information content (AvgIpc) is 2.65. The zero-order chi connectivity index (χ0) is 19.4. The van der Waals surface area contributed by atoms with Crippen molar-refractivity contribution in [3.8, 4) is 0 Å². The molecule has 0 spiro atoms. The molecule has 0 amide bonds. The van der Waals surface area contributed by atoms with Crippen molar-refractivity contribution in [1.29, 1.82) is 0 Å². The van der Waals surface area contributed by atoms with Crippen molar-refractivity contribution in [1.82, 2.24) is 0 Å². The van der Waals surface area contributed by atoms with Crippen molar-refractivity contribution >= 4 is 44.4 Å². The quantitative estimate of drug-likeness (QED) is 0.341. The Labute approximate surface area is 172 Å². The Balaban J connectivity index is -0.0000000237. The van der Waals surface area contributed by atoms with E-state index in [9.17, 15) is 0 Å². The summed E-state index contributed by atoms with van der Waals surface area (Å²) in [4.78, 5) is 32.0. The minimum Gasteiger partial charge on any atom is -0.316 e. The van der Waals surface area contributed by atoms with Crippen LogP contribution in [0.4, 0.5) is 0 Å². The summed E-state index contributed by atoms with van der Waals surface area (Å²) >= 11 is 0. The topological polar surface area (TPSA) is 124 Å². The molecule has 0 fully saturated rings. The predicted molar refractivity (Wildman–Crippen MR) is 84.4 cm³/mol. The summed E-state index contributed by atoms with van der Waals surface area (Å²) in [5, 5.41) is 0. The summed E-state index contributed by atoms with van der Waals surface area (Å²) in [6, 6.07) is 0. The van der Waals surface area contributed by atoms with Gasteiger partial charge in [-0.15, -0.1) is 0 Å². The Morgan fingerprint density at radius 2 is 0.500 bits per heavy atom. The van der Waals surface area contributed by atoms with Crippen LogP contribution in [0.3, 0.4) is 0 Å². The van der Waals surface area contributed by atoms with Gasteiger partial charge in [-0.3, -0.25) is 0 Å². The smallest absolute Gasteiger partial charge is 0.316 e. The first-order chi connectivity index (χ1) is 10.7. The number of carbonyl (C=O) groups excluding carboxylic acids is 4. The Hall–Kier alpha value is 0.547. The van der Waals surface area contributed by atoms with Gasteiger partial charge in [-0.2, -0.15) is 0 Å². The number of hydrogen-bond donors (Lipinski definition) is 0. The summed E-state index contributed by atoms with van der Waals surface area (Å²) in [7, 11) is 7.13. The average molecular weight is 574 g/mol. The Kier molecular flexibility index (Phi) is 157. The third kappa shape index (κ3) is 66.5. The van der Waals surface area contributed by atoms with E-state index in [0.717, 1.165) is 0 Å². The molecule has 24 heavy (non-hydrogen) atoms. The maximum Gasteiger partial charge on any atom is 0.331 e. The van der Waals surface area contributed by atoms with Gasteiger partial charge in [0.1, 0.15) is 27.2 Å². The van der Waals surface area contributed by atoms with Crippen molar-refractivity contribution in [3.63, 3.8) is 0 Å². The molecule has 0 aromatic carbocycles. The van der Waals surface area contributed by atoms with E-state index in [2.05, 4.69) is 27.1 Å². The van der Waals surface area contributed by atoms with Crippen molar-refractivity contribution < 1.29 is 85.3 Å². The Bertz CT molecular complexity index is 129. The molecule has 0 aliphatic carbocycles. The molecule has 14 heteroatoms. The summed E-state index contributed by atoms with van der Waals surface area (Å²) in [6.07, 6.45) is 0. The van der Waals surface area contributed by atoms with Gasteiger partial charge in [0.05, 0.1) is 0 Å². The molecular weight excluding hydrogens is 548 g/mol. The second-order valence-corrected chi connectivity index (χ2v) is 4.63. The monoisotopic (exact) mass is 574 g/mol. The largest absolute Gasteiger partial charge is 0.331 e. The first-order valence-corrected chi connectivity index (χ1v) is 6.89. The van der Waals surface area contributed by atoms with E-state index in [1.165, 1.54) is 0 Å². The van der Waals surface area contributed by atoms with Crippen molar-refractivity contribution in [2.24, 2.45) is 0 Å². The van der Waals surface area contributed by atoms with Crippen LogP contribution in [0.15, 0.2) is 0 Å². The first-order valence-electron chi connectivity index (χ1n) is 4.70. The van der Waals surface area contributed by atoms with Crippen LogP contribution in [-0.2, 0) is 85.3 Å². The zero-order valence-corrected chi connectivity index (χ0v) is 19.5. The van der Waals surface area contributed by atoms with Crippen LogP contribution in [-0.4, -0.2) is 69.8 Å². The van der Waals surface area contributed by atoms with Crippen LogP contribution in [0, 0.1) is 0 Å². The fourth-order valence-corrected chi connectivity index (χ4v) is 1.34. The van der Waals surface area contributed by atoms with Gasteiger partial charge >= 0.3 is 17.2 Å². The van der Waals surface area contributed by atoms with E-state index in [-0.39, 0.29) is 39.0 Å². The van der Waals surface area contributed by atoms with Gasteiger partial charge in [-0.25, -0.2) is 0 Å². The van der Waals surface area contributed by atoms with E-state index in [1.807, 2.05) is 27.2 Å². The third-order valence-corrected chi connectivity index (χ3v) is 2.68. The normalized spacial score (nSPS) is 6.67. The molecule has 0 atom stereocenters. The molecule has 0 unspecified atom stereocenters. The Morgan fingerprint density at radius 1 is 0.417 bits per heavy atom. The van der Waals surface area contributed by atoms with E-state index in [1.54, 1.807) is 42.7 Å². The van der Waals surface area contributed by atoms with E-state index >= 15 is 0 Å². The third-order valence-electron chi connectivity index (χ3n) is 0.894. The summed E-state index contributed by atoms with van der Waals surface area (Å²) in [6.45, 7) is 8.00. The fourth-order valence-electron chi connectivity index (χ4n) is 0.447. The molecule has 0 bridgehead atoms. The standard InChI is InChI=1S/2C3H9O3P.4CH2O.2Rh/c2*1-4-7(5-2)6-3;4*1-2;;/h2*1-3H3;4*1H2;;. The van der Waals surface area contributed by atoms with Gasteiger partial charge in [-0.1, -0.05) is 0 Å². The second kappa shape index (κ2) is 76.0. The van der Waals surface area contributed by atoms with E-state index < -0.39 is 17.2 Å². The summed E-state index contributed by atoms with van der Waals surface area (Å²) < 4.78 is 28.0. The zero-order valence-electron chi connectivity index (χ0n) is 14.5. The number of hydrogen-bond acceptors (Lipinski definition) is 10. The maximum absolute atomic E-state index is 8.00. The molecule has 0 N–H and O–H groups in total. The van der Waals surface area contributed by atoms with Crippen LogP contribution < -0.4 is 0 Å². The maximum atomic E-state index is 8.00. The summed E-state index contributed by atoms with van der Waals surface area (Å²) in [5.74, 6) is 0. The van der Waals surface area contributed by atoms with E-state index in [0.29, 0.717) is 0 Å². The molecular formula is C10H26O10P2Rh2. The van der Waals surface area contributed by atoms with Crippen molar-refractivity contribution in [3.05, 3.63) is 0 Å². The molecule has 0 heterocycles. The second-order valence-electron chi connectivity index (χ2n) is 1.54. The predicted octanol–water partition coefficient (Wildman–Crippen LogP) is 1.56. The van der Waals surface area contributed by atoms with Crippen LogP contribution in [0.25, 0.3) is 0 Å². The first kappa shape index (κ1) is 49.7.